The summed E-state index contributed by atoms with van der Waals surface area (Å²) in [5.74, 6) is 0.241. The molecule has 108 valence electrons. The first-order valence-electron chi connectivity index (χ1n) is 6.53. The lowest BCUT2D eigenvalue weighted by Crippen LogP contribution is -2.21. The zero-order valence-corrected chi connectivity index (χ0v) is 13.0. The number of carbonyl (C=O) groups is 1. The lowest BCUT2D eigenvalue weighted by molar-refractivity contribution is -0.113. The third-order valence-corrected chi connectivity index (χ3v) is 3.98. The Hall–Kier alpha value is -1.85. The number of para-hydroxylation sites is 1. The zero-order chi connectivity index (χ0) is 14.9. The van der Waals surface area contributed by atoms with Crippen LogP contribution in [0.3, 0.4) is 0 Å². The molecule has 0 aliphatic heterocycles. The quantitative estimate of drug-likeness (QED) is 0.829. The average molecular weight is 316 g/mol. The topological polar surface area (TPSA) is 41.1 Å². The monoisotopic (exact) mass is 316 g/mol. The molecule has 21 heavy (non-hydrogen) atoms. The summed E-state index contributed by atoms with van der Waals surface area (Å²) in [6.07, 6.45) is 0. The summed E-state index contributed by atoms with van der Waals surface area (Å²) in [5.41, 5.74) is 1.96. The van der Waals surface area contributed by atoms with E-state index in [9.17, 15) is 4.79 Å². The van der Waals surface area contributed by atoms with Crippen molar-refractivity contribution in [3.8, 4) is 0 Å². The number of benzene rings is 2. The van der Waals surface area contributed by atoms with Crippen LogP contribution in [0.5, 0.6) is 0 Å². The Balaban J connectivity index is 1.68. The Morgan fingerprint density at radius 3 is 2.29 bits per heavy atom. The van der Waals surface area contributed by atoms with Crippen molar-refractivity contribution in [3.05, 3.63) is 66.2 Å². The van der Waals surface area contributed by atoms with Crippen LogP contribution in [0.25, 0.3) is 0 Å². The van der Waals surface area contributed by atoms with Crippen LogP contribution in [-0.4, -0.2) is 16.0 Å². The largest absolute Gasteiger partial charge is 0.367 e. The summed E-state index contributed by atoms with van der Waals surface area (Å²) < 4.78 is 0.627. The minimum Gasteiger partial charge on any atom is -0.367 e. The molecule has 2 rings (SSSR count). The first-order valence-corrected chi connectivity index (χ1v) is 7.93. The van der Waals surface area contributed by atoms with Crippen LogP contribution in [0.1, 0.15) is 5.56 Å². The maximum Gasteiger partial charge on any atom is 0.234 e. The van der Waals surface area contributed by atoms with Gasteiger partial charge in [0, 0.05) is 12.2 Å². The first-order chi connectivity index (χ1) is 10.2. The summed E-state index contributed by atoms with van der Waals surface area (Å²) in [7, 11) is 0. The van der Waals surface area contributed by atoms with E-state index in [4.69, 9.17) is 12.2 Å². The molecule has 0 bridgehead atoms. The molecule has 0 atom stereocenters. The minimum atomic E-state index is -0.0601. The Morgan fingerprint density at radius 2 is 1.62 bits per heavy atom. The van der Waals surface area contributed by atoms with E-state index in [0.717, 1.165) is 11.3 Å². The van der Waals surface area contributed by atoms with Crippen LogP contribution >= 0.6 is 24.0 Å². The summed E-state index contributed by atoms with van der Waals surface area (Å²) in [6, 6.07) is 19.4. The van der Waals surface area contributed by atoms with E-state index in [1.807, 2.05) is 60.7 Å². The predicted octanol–water partition coefficient (Wildman–Crippen LogP) is 3.43. The van der Waals surface area contributed by atoms with Crippen LogP contribution in [0.4, 0.5) is 5.69 Å². The Bertz CT molecular complexity index is 588. The van der Waals surface area contributed by atoms with Crippen LogP contribution < -0.4 is 10.6 Å². The van der Waals surface area contributed by atoms with E-state index in [2.05, 4.69) is 10.6 Å². The molecular formula is C16H16N2OS2. The number of hydrogen-bond acceptors (Lipinski definition) is 3. The van der Waals surface area contributed by atoms with Gasteiger partial charge in [0.2, 0.25) is 5.91 Å². The van der Waals surface area contributed by atoms with Gasteiger partial charge in [-0.25, -0.2) is 0 Å². The van der Waals surface area contributed by atoms with Gasteiger partial charge in [0.25, 0.3) is 0 Å². The third-order valence-electron chi connectivity index (χ3n) is 2.67. The van der Waals surface area contributed by atoms with Gasteiger partial charge in [-0.1, -0.05) is 72.5 Å². The molecule has 0 aliphatic carbocycles. The molecule has 0 saturated heterocycles. The third kappa shape index (κ3) is 5.97. The van der Waals surface area contributed by atoms with Crippen LogP contribution in [0.15, 0.2) is 60.7 Å². The number of carbonyl (C=O) groups excluding carboxylic acids is 1. The Morgan fingerprint density at radius 1 is 1.00 bits per heavy atom. The molecule has 2 aromatic rings. The molecular weight excluding hydrogens is 300 g/mol. The first kappa shape index (κ1) is 15.5. The van der Waals surface area contributed by atoms with E-state index in [-0.39, 0.29) is 5.91 Å². The van der Waals surface area contributed by atoms with Gasteiger partial charge in [0.05, 0.1) is 5.75 Å². The van der Waals surface area contributed by atoms with Crippen molar-refractivity contribution >= 4 is 39.9 Å². The highest BCUT2D eigenvalue weighted by molar-refractivity contribution is 8.23. The Kier molecular flexibility index (Phi) is 6.24. The van der Waals surface area contributed by atoms with Crippen LogP contribution in [0, 0.1) is 0 Å². The van der Waals surface area contributed by atoms with Crippen molar-refractivity contribution in [1.82, 2.24) is 5.32 Å². The van der Waals surface area contributed by atoms with Gasteiger partial charge >= 0.3 is 0 Å². The molecule has 0 radical (unpaired) electrons. The molecule has 0 aliphatic rings. The molecule has 3 nitrogen and oxygen atoms in total. The number of thiocarbonyl (C=S) groups is 1. The van der Waals surface area contributed by atoms with Gasteiger partial charge in [-0.15, -0.1) is 0 Å². The van der Waals surface area contributed by atoms with E-state index >= 15 is 0 Å². The second-order valence-corrected chi connectivity index (χ2v) is 5.98. The summed E-state index contributed by atoms with van der Waals surface area (Å²) in [5, 5.41) is 5.96. The van der Waals surface area contributed by atoms with Crippen molar-refractivity contribution in [3.63, 3.8) is 0 Å². The number of hydrogen-bond donors (Lipinski definition) is 2. The SMILES string of the molecule is O=C(CSC(=S)NCc1ccccc1)Nc1ccccc1. The maximum absolute atomic E-state index is 11.8. The van der Waals surface area contributed by atoms with Crippen molar-refractivity contribution in [2.24, 2.45) is 0 Å². The van der Waals surface area contributed by atoms with Crippen molar-refractivity contribution in [2.45, 2.75) is 6.54 Å². The minimum absolute atomic E-state index is 0.0601. The van der Waals surface area contributed by atoms with Gasteiger partial charge in [-0.05, 0) is 17.7 Å². The highest BCUT2D eigenvalue weighted by atomic mass is 32.2. The van der Waals surface area contributed by atoms with Gasteiger partial charge in [-0.2, -0.15) is 0 Å². The Labute approximate surface area is 134 Å². The van der Waals surface area contributed by atoms with Gasteiger partial charge in [-0.3, -0.25) is 4.79 Å². The second kappa shape index (κ2) is 8.44. The van der Waals surface area contributed by atoms with Crippen LogP contribution in [0.2, 0.25) is 0 Å². The van der Waals surface area contributed by atoms with Gasteiger partial charge in [0.1, 0.15) is 4.32 Å². The highest BCUT2D eigenvalue weighted by Gasteiger charge is 2.05. The van der Waals surface area contributed by atoms with E-state index < -0.39 is 0 Å². The molecule has 2 aromatic carbocycles. The number of rotatable bonds is 5. The second-order valence-electron chi connectivity index (χ2n) is 4.33. The fraction of sp³-hybridized carbons (Fsp3) is 0.125. The van der Waals surface area contributed by atoms with Gasteiger partial charge in [0.15, 0.2) is 0 Å². The molecule has 5 heteroatoms. The van der Waals surface area contributed by atoms with Crippen LogP contribution in [-0.2, 0) is 11.3 Å². The number of amides is 1. The molecule has 0 spiro atoms. The molecule has 0 heterocycles. The lowest BCUT2D eigenvalue weighted by atomic mass is 10.2. The standard InChI is InChI=1S/C16H16N2OS2/c19-15(18-14-9-5-2-6-10-14)12-21-16(20)17-11-13-7-3-1-4-8-13/h1-10H,11-12H2,(H,17,20)(H,18,19). The fourth-order valence-electron chi connectivity index (χ4n) is 1.67. The summed E-state index contributed by atoms with van der Waals surface area (Å²) in [4.78, 5) is 11.8. The molecule has 0 saturated carbocycles. The highest BCUT2D eigenvalue weighted by Crippen LogP contribution is 2.08. The van der Waals surface area contributed by atoms with Crippen molar-refractivity contribution in [2.75, 3.05) is 11.1 Å². The molecule has 0 unspecified atom stereocenters. The predicted molar refractivity (Wildman–Crippen MR) is 93.4 cm³/mol. The molecule has 0 fully saturated rings. The molecule has 1 amide bonds. The molecule has 0 aromatic heterocycles. The van der Waals surface area contributed by atoms with Crippen molar-refractivity contribution in [1.29, 1.82) is 0 Å². The van der Waals surface area contributed by atoms with E-state index in [0.29, 0.717) is 16.6 Å². The number of thioether (sulfide) groups is 1. The van der Waals surface area contributed by atoms with E-state index in [1.54, 1.807) is 0 Å². The normalized spacial score (nSPS) is 9.90. The summed E-state index contributed by atoms with van der Waals surface area (Å²) >= 11 is 6.54. The molecule has 2 N–H and O–H groups in total. The fourth-order valence-corrected chi connectivity index (χ4v) is 2.43. The summed E-state index contributed by atoms with van der Waals surface area (Å²) in [6.45, 7) is 0.674. The average Bonchev–Trinajstić information content (AvgIpc) is 2.53. The zero-order valence-electron chi connectivity index (χ0n) is 11.4. The van der Waals surface area contributed by atoms with E-state index in [1.165, 1.54) is 11.8 Å². The number of anilines is 1. The smallest absolute Gasteiger partial charge is 0.234 e. The van der Waals surface area contributed by atoms with Crippen molar-refractivity contribution < 1.29 is 4.79 Å². The lowest BCUT2D eigenvalue weighted by Gasteiger charge is -2.08. The van der Waals surface area contributed by atoms with Gasteiger partial charge < -0.3 is 10.6 Å². The maximum atomic E-state index is 11.8. The number of nitrogens with one attached hydrogen (secondary N) is 2.